The lowest BCUT2D eigenvalue weighted by Crippen LogP contribution is -2.29. The molecular weight excluding hydrogens is 376 g/mol. The first-order valence-corrected chi connectivity index (χ1v) is 9.61. The molecule has 1 saturated heterocycles. The molecule has 1 heterocycles. The number of hydrogen-bond donors (Lipinski definition) is 1. The lowest BCUT2D eigenvalue weighted by Gasteiger charge is -2.28. The minimum absolute atomic E-state index is 0.0245. The van der Waals surface area contributed by atoms with Crippen molar-refractivity contribution in [3.05, 3.63) is 58.9 Å². The predicted molar refractivity (Wildman–Crippen MR) is 113 cm³/mol. The molecular formula is C22H23ClN2O3. The van der Waals surface area contributed by atoms with Gasteiger partial charge >= 0.3 is 5.97 Å². The van der Waals surface area contributed by atoms with Crippen LogP contribution in [0.2, 0.25) is 5.02 Å². The third-order valence-corrected chi connectivity index (χ3v) is 5.15. The highest BCUT2D eigenvalue weighted by molar-refractivity contribution is 6.33. The molecule has 1 aliphatic rings. The summed E-state index contributed by atoms with van der Waals surface area (Å²) in [5, 5.41) is 9.58. The zero-order valence-electron chi connectivity index (χ0n) is 15.8. The van der Waals surface area contributed by atoms with E-state index in [1.165, 1.54) is 31.9 Å². The molecule has 2 aromatic rings. The minimum Gasteiger partial charge on any atom is -0.478 e. The molecule has 0 atom stereocenters. The molecule has 2 aromatic carbocycles. The quantitative estimate of drug-likeness (QED) is 0.402. The summed E-state index contributed by atoms with van der Waals surface area (Å²) >= 11 is 6.45. The first-order valence-electron chi connectivity index (χ1n) is 9.23. The van der Waals surface area contributed by atoms with Crippen molar-refractivity contribution >= 4 is 30.0 Å². The molecule has 146 valence electrons. The Morgan fingerprint density at radius 2 is 1.82 bits per heavy atom. The number of aliphatic carboxylic acids is 1. The molecule has 1 aliphatic heterocycles. The molecule has 3 rings (SSSR count). The van der Waals surface area contributed by atoms with E-state index in [-0.39, 0.29) is 11.5 Å². The summed E-state index contributed by atoms with van der Waals surface area (Å²) in [5.74, 6) is -0.761. The molecule has 0 aromatic heterocycles. The summed E-state index contributed by atoms with van der Waals surface area (Å²) in [4.78, 5) is 17.1. The number of carboxylic acid groups (broad SMARTS) is 1. The van der Waals surface area contributed by atoms with E-state index < -0.39 is 5.97 Å². The molecule has 0 amide bonds. The molecule has 0 spiro atoms. The van der Waals surface area contributed by atoms with Crippen molar-refractivity contribution in [3.8, 4) is 16.9 Å². The number of piperidine rings is 1. The van der Waals surface area contributed by atoms with E-state index in [1.54, 1.807) is 12.1 Å². The second-order valence-corrected chi connectivity index (χ2v) is 7.14. The first kappa shape index (κ1) is 20.0. The van der Waals surface area contributed by atoms with Crippen LogP contribution in [0.25, 0.3) is 11.1 Å². The van der Waals surface area contributed by atoms with Gasteiger partial charge in [-0.3, -0.25) is 0 Å². The maximum atomic E-state index is 11.1. The Morgan fingerprint density at radius 1 is 1.14 bits per heavy atom. The van der Waals surface area contributed by atoms with Gasteiger partial charge in [0.1, 0.15) is 5.75 Å². The molecule has 0 bridgehead atoms. The zero-order chi connectivity index (χ0) is 20.1. The number of anilines is 1. The Morgan fingerprint density at radius 3 is 2.39 bits per heavy atom. The van der Waals surface area contributed by atoms with Crippen molar-refractivity contribution in [2.45, 2.75) is 26.2 Å². The number of hydrogen-bond acceptors (Lipinski definition) is 4. The lowest BCUT2D eigenvalue weighted by atomic mass is 10.0. The molecule has 5 nitrogen and oxygen atoms in total. The van der Waals surface area contributed by atoms with Gasteiger partial charge in [0.15, 0.2) is 0 Å². The number of carbonyl (C=O) groups is 1. The predicted octanol–water partition coefficient (Wildman–Crippen LogP) is 5.39. The Hall–Kier alpha value is -2.79. The fourth-order valence-electron chi connectivity index (χ4n) is 3.23. The second kappa shape index (κ2) is 8.93. The van der Waals surface area contributed by atoms with Crippen LogP contribution in [0.4, 0.5) is 5.69 Å². The SMILES string of the molecule is C=N/C(Oc1ccc(-c2ccc(N3CCCCC3)cc2)c(Cl)c1)=C(\C)C(=O)O. The van der Waals surface area contributed by atoms with Crippen molar-refractivity contribution in [2.75, 3.05) is 18.0 Å². The van der Waals surface area contributed by atoms with Gasteiger partial charge in [0.05, 0.1) is 10.6 Å². The molecule has 1 fully saturated rings. The van der Waals surface area contributed by atoms with Crippen LogP contribution in [-0.4, -0.2) is 30.9 Å². The van der Waals surface area contributed by atoms with Crippen LogP contribution in [0.15, 0.2) is 58.9 Å². The van der Waals surface area contributed by atoms with E-state index in [0.29, 0.717) is 10.8 Å². The van der Waals surface area contributed by atoms with Crippen molar-refractivity contribution in [2.24, 2.45) is 4.99 Å². The average Bonchev–Trinajstić information content (AvgIpc) is 2.72. The van der Waals surface area contributed by atoms with Gasteiger partial charge in [-0.25, -0.2) is 9.79 Å². The fourth-order valence-corrected chi connectivity index (χ4v) is 3.51. The summed E-state index contributed by atoms with van der Waals surface area (Å²) in [6.45, 7) is 6.98. The third kappa shape index (κ3) is 4.54. The van der Waals surface area contributed by atoms with Crippen LogP contribution in [0, 0.1) is 0 Å². The van der Waals surface area contributed by atoms with E-state index in [4.69, 9.17) is 21.4 Å². The summed E-state index contributed by atoms with van der Waals surface area (Å²) < 4.78 is 5.54. The highest BCUT2D eigenvalue weighted by Gasteiger charge is 2.13. The maximum absolute atomic E-state index is 11.1. The van der Waals surface area contributed by atoms with Crippen LogP contribution in [0.5, 0.6) is 5.75 Å². The van der Waals surface area contributed by atoms with E-state index in [9.17, 15) is 4.79 Å². The van der Waals surface area contributed by atoms with Crippen LogP contribution in [-0.2, 0) is 4.79 Å². The average molecular weight is 399 g/mol. The Bertz CT molecular complexity index is 900. The van der Waals surface area contributed by atoms with E-state index in [1.807, 2.05) is 6.07 Å². The Kier molecular flexibility index (Phi) is 6.37. The Balaban J connectivity index is 1.79. The summed E-state index contributed by atoms with van der Waals surface area (Å²) in [7, 11) is 0. The topological polar surface area (TPSA) is 62.1 Å². The van der Waals surface area contributed by atoms with Crippen molar-refractivity contribution in [1.82, 2.24) is 0 Å². The van der Waals surface area contributed by atoms with Crippen molar-refractivity contribution in [1.29, 1.82) is 0 Å². The third-order valence-electron chi connectivity index (χ3n) is 4.84. The molecule has 0 radical (unpaired) electrons. The number of rotatable bonds is 6. The van der Waals surface area contributed by atoms with Crippen LogP contribution < -0.4 is 9.64 Å². The van der Waals surface area contributed by atoms with Gasteiger partial charge in [0.25, 0.3) is 0 Å². The van der Waals surface area contributed by atoms with Gasteiger partial charge in [-0.15, -0.1) is 0 Å². The van der Waals surface area contributed by atoms with Gasteiger partial charge in [-0.1, -0.05) is 23.7 Å². The summed E-state index contributed by atoms with van der Waals surface area (Å²) in [5.41, 5.74) is 3.10. The number of ether oxygens (including phenoxy) is 1. The van der Waals surface area contributed by atoms with Gasteiger partial charge in [0, 0.05) is 30.4 Å². The molecule has 6 heteroatoms. The number of benzene rings is 2. The molecule has 0 saturated carbocycles. The van der Waals surface area contributed by atoms with Crippen LogP contribution in [0.1, 0.15) is 26.2 Å². The van der Waals surface area contributed by atoms with Crippen LogP contribution in [0.3, 0.4) is 0 Å². The fraction of sp³-hybridized carbons (Fsp3) is 0.273. The van der Waals surface area contributed by atoms with Crippen molar-refractivity contribution in [3.63, 3.8) is 0 Å². The zero-order valence-corrected chi connectivity index (χ0v) is 16.6. The van der Waals surface area contributed by atoms with E-state index >= 15 is 0 Å². The number of halogens is 1. The normalized spacial score (nSPS) is 15.0. The molecule has 0 unspecified atom stereocenters. The summed E-state index contributed by atoms with van der Waals surface area (Å²) in [6, 6.07) is 13.6. The van der Waals surface area contributed by atoms with E-state index in [0.717, 1.165) is 24.2 Å². The molecule has 0 aliphatic carbocycles. The molecule has 28 heavy (non-hydrogen) atoms. The van der Waals surface area contributed by atoms with Crippen molar-refractivity contribution < 1.29 is 14.6 Å². The van der Waals surface area contributed by atoms with Gasteiger partial charge in [0.2, 0.25) is 5.88 Å². The number of carboxylic acids is 1. The van der Waals surface area contributed by atoms with Gasteiger partial charge in [-0.2, -0.15) is 0 Å². The van der Waals surface area contributed by atoms with Gasteiger partial charge in [-0.05, 0) is 62.7 Å². The minimum atomic E-state index is -1.11. The van der Waals surface area contributed by atoms with Gasteiger partial charge < -0.3 is 14.7 Å². The number of nitrogens with zero attached hydrogens (tertiary/aromatic N) is 2. The monoisotopic (exact) mass is 398 g/mol. The first-order chi connectivity index (χ1) is 13.5. The maximum Gasteiger partial charge on any atom is 0.336 e. The Labute approximate surface area is 169 Å². The largest absolute Gasteiger partial charge is 0.478 e. The summed E-state index contributed by atoms with van der Waals surface area (Å²) in [6.07, 6.45) is 3.79. The molecule has 1 N–H and O–H groups in total. The smallest absolute Gasteiger partial charge is 0.336 e. The highest BCUT2D eigenvalue weighted by Crippen LogP contribution is 2.33. The lowest BCUT2D eigenvalue weighted by molar-refractivity contribution is -0.132. The highest BCUT2D eigenvalue weighted by atomic mass is 35.5. The second-order valence-electron chi connectivity index (χ2n) is 6.73. The standard InChI is InChI=1S/C22H23ClN2O3/c1-15(22(26)27)21(24-2)28-18-10-11-19(20(23)14-18)16-6-8-17(9-7-16)25-12-4-3-5-13-25/h6-11,14H,2-5,12-13H2,1H3,(H,26,27)/b21-15-. The van der Waals surface area contributed by atoms with E-state index in [2.05, 4.69) is 40.9 Å². The number of aliphatic imine (C=N–C) groups is 1. The van der Waals surface area contributed by atoms with Crippen LogP contribution >= 0.6 is 11.6 Å².